The van der Waals surface area contributed by atoms with Gasteiger partial charge in [0.2, 0.25) is 0 Å². The molecule has 0 radical (unpaired) electrons. The summed E-state index contributed by atoms with van der Waals surface area (Å²) in [6, 6.07) is 18.5. The Hall–Kier alpha value is -3.15. The topological polar surface area (TPSA) is 58.3 Å². The Morgan fingerprint density at radius 2 is 1.80 bits per heavy atom. The van der Waals surface area contributed by atoms with Crippen molar-refractivity contribution >= 4 is 5.96 Å². The molecule has 3 rings (SSSR count). The number of aromatic nitrogens is 3. The number of rotatable bonds is 5. The molecule has 0 spiro atoms. The summed E-state index contributed by atoms with van der Waals surface area (Å²) in [6.07, 6.45) is 3.22. The Bertz CT molecular complexity index is 792. The largest absolute Gasteiger partial charge is 0.352 e. The van der Waals surface area contributed by atoms with Crippen LogP contribution in [0.2, 0.25) is 0 Å². The highest BCUT2D eigenvalue weighted by molar-refractivity contribution is 5.79. The second-order valence-electron chi connectivity index (χ2n) is 5.88. The average molecular weight is 334 g/mol. The highest BCUT2D eigenvalue weighted by atomic mass is 15.3. The SMILES string of the molecule is CN(C)C(=NCc1ccccc1)NCc1ccc(-n2cncn2)cc1. The van der Waals surface area contributed by atoms with Crippen molar-refractivity contribution in [1.29, 1.82) is 0 Å². The Kier molecular flexibility index (Phi) is 5.41. The Morgan fingerprint density at radius 3 is 2.44 bits per heavy atom. The number of aliphatic imine (C=N–C) groups is 1. The minimum Gasteiger partial charge on any atom is -0.352 e. The quantitative estimate of drug-likeness (QED) is 0.575. The molecule has 0 atom stereocenters. The second kappa shape index (κ2) is 8.10. The molecule has 0 saturated carbocycles. The van der Waals surface area contributed by atoms with Crippen molar-refractivity contribution < 1.29 is 0 Å². The lowest BCUT2D eigenvalue weighted by atomic mass is 10.2. The molecule has 0 amide bonds. The Labute approximate surface area is 147 Å². The van der Waals surface area contributed by atoms with Crippen LogP contribution in [0, 0.1) is 0 Å². The molecule has 3 aromatic rings. The van der Waals surface area contributed by atoms with Gasteiger partial charge in [-0.3, -0.25) is 0 Å². The average Bonchev–Trinajstić information content (AvgIpc) is 3.17. The van der Waals surface area contributed by atoms with E-state index < -0.39 is 0 Å². The molecule has 1 heterocycles. The van der Waals surface area contributed by atoms with E-state index in [0.29, 0.717) is 13.1 Å². The highest BCUT2D eigenvalue weighted by Gasteiger charge is 2.03. The van der Waals surface area contributed by atoms with Gasteiger partial charge in [0.1, 0.15) is 12.7 Å². The number of hydrogen-bond donors (Lipinski definition) is 1. The fourth-order valence-electron chi connectivity index (χ4n) is 2.39. The second-order valence-corrected chi connectivity index (χ2v) is 5.88. The fraction of sp³-hybridized carbons (Fsp3) is 0.211. The van der Waals surface area contributed by atoms with Crippen LogP contribution in [-0.4, -0.2) is 39.7 Å². The van der Waals surface area contributed by atoms with Crippen molar-refractivity contribution in [2.45, 2.75) is 13.1 Å². The van der Waals surface area contributed by atoms with E-state index in [1.807, 2.05) is 49.3 Å². The van der Waals surface area contributed by atoms with Gasteiger partial charge in [-0.05, 0) is 23.3 Å². The van der Waals surface area contributed by atoms with Crippen molar-refractivity contribution in [3.63, 3.8) is 0 Å². The van der Waals surface area contributed by atoms with Gasteiger partial charge >= 0.3 is 0 Å². The van der Waals surface area contributed by atoms with E-state index in [2.05, 4.69) is 44.7 Å². The summed E-state index contributed by atoms with van der Waals surface area (Å²) < 4.78 is 1.74. The molecule has 0 aliphatic rings. The summed E-state index contributed by atoms with van der Waals surface area (Å²) in [5, 5.41) is 7.53. The summed E-state index contributed by atoms with van der Waals surface area (Å²) in [5.74, 6) is 0.865. The number of hydrogen-bond acceptors (Lipinski definition) is 3. The first-order valence-electron chi connectivity index (χ1n) is 8.16. The van der Waals surface area contributed by atoms with Gasteiger partial charge in [0, 0.05) is 20.6 Å². The van der Waals surface area contributed by atoms with Crippen LogP contribution in [0.5, 0.6) is 0 Å². The van der Waals surface area contributed by atoms with Crippen LogP contribution >= 0.6 is 0 Å². The number of nitrogens with one attached hydrogen (secondary N) is 1. The van der Waals surface area contributed by atoms with Crippen LogP contribution in [0.3, 0.4) is 0 Å². The van der Waals surface area contributed by atoms with E-state index in [1.54, 1.807) is 11.0 Å². The maximum atomic E-state index is 4.68. The highest BCUT2D eigenvalue weighted by Crippen LogP contribution is 2.08. The Morgan fingerprint density at radius 1 is 1.04 bits per heavy atom. The first-order chi connectivity index (χ1) is 12.2. The molecule has 0 fully saturated rings. The molecule has 25 heavy (non-hydrogen) atoms. The number of guanidine groups is 1. The van der Waals surface area contributed by atoms with Crippen LogP contribution in [0.15, 0.2) is 72.2 Å². The molecular weight excluding hydrogens is 312 g/mol. The fourth-order valence-corrected chi connectivity index (χ4v) is 2.39. The Balaban J connectivity index is 1.61. The minimum absolute atomic E-state index is 0.659. The molecule has 0 aliphatic heterocycles. The predicted octanol–water partition coefficient (Wildman–Crippen LogP) is 2.47. The first-order valence-corrected chi connectivity index (χ1v) is 8.16. The van der Waals surface area contributed by atoms with E-state index in [1.165, 1.54) is 17.5 Å². The predicted molar refractivity (Wildman–Crippen MR) is 99.5 cm³/mol. The standard InChI is InChI=1S/C19H22N6/c1-24(2)19(21-12-16-6-4-3-5-7-16)22-13-17-8-10-18(11-9-17)25-15-20-14-23-25/h3-11,14-15H,12-13H2,1-2H3,(H,21,22). The van der Waals surface area contributed by atoms with Crippen LogP contribution in [-0.2, 0) is 13.1 Å². The third kappa shape index (κ3) is 4.67. The van der Waals surface area contributed by atoms with Gasteiger partial charge in [0.25, 0.3) is 0 Å². The van der Waals surface area contributed by atoms with Gasteiger partial charge < -0.3 is 10.2 Å². The van der Waals surface area contributed by atoms with Gasteiger partial charge in [-0.1, -0.05) is 42.5 Å². The summed E-state index contributed by atoms with van der Waals surface area (Å²) in [5.41, 5.74) is 3.37. The van der Waals surface area contributed by atoms with Crippen molar-refractivity contribution in [3.8, 4) is 5.69 Å². The van der Waals surface area contributed by atoms with Crippen molar-refractivity contribution in [2.75, 3.05) is 14.1 Å². The summed E-state index contributed by atoms with van der Waals surface area (Å²) in [4.78, 5) is 10.6. The lowest BCUT2D eigenvalue weighted by molar-refractivity contribution is 0.578. The van der Waals surface area contributed by atoms with Crippen molar-refractivity contribution in [3.05, 3.63) is 78.4 Å². The zero-order chi connectivity index (χ0) is 17.5. The van der Waals surface area contributed by atoms with Crippen molar-refractivity contribution in [1.82, 2.24) is 25.0 Å². The van der Waals surface area contributed by atoms with Crippen LogP contribution in [0.25, 0.3) is 5.69 Å². The van der Waals surface area contributed by atoms with Gasteiger partial charge in [-0.2, -0.15) is 5.10 Å². The smallest absolute Gasteiger partial charge is 0.194 e. The summed E-state index contributed by atoms with van der Waals surface area (Å²) in [7, 11) is 3.98. The van der Waals surface area contributed by atoms with Gasteiger partial charge in [0.15, 0.2) is 5.96 Å². The monoisotopic (exact) mass is 334 g/mol. The van der Waals surface area contributed by atoms with Crippen LogP contribution < -0.4 is 5.32 Å². The molecule has 0 unspecified atom stereocenters. The first kappa shape index (κ1) is 16.7. The van der Waals surface area contributed by atoms with Crippen molar-refractivity contribution in [2.24, 2.45) is 4.99 Å². The lowest BCUT2D eigenvalue weighted by Crippen LogP contribution is -2.36. The molecule has 2 aromatic carbocycles. The molecule has 1 N–H and O–H groups in total. The van der Waals surface area contributed by atoms with Gasteiger partial charge in [-0.25, -0.2) is 14.7 Å². The molecule has 0 saturated heterocycles. The van der Waals surface area contributed by atoms with E-state index in [9.17, 15) is 0 Å². The zero-order valence-electron chi connectivity index (χ0n) is 14.5. The third-order valence-electron chi connectivity index (χ3n) is 3.75. The van der Waals surface area contributed by atoms with E-state index >= 15 is 0 Å². The molecule has 128 valence electrons. The van der Waals surface area contributed by atoms with Gasteiger partial charge in [0.05, 0.1) is 12.2 Å². The molecule has 6 heteroatoms. The van der Waals surface area contributed by atoms with E-state index in [4.69, 9.17) is 0 Å². The third-order valence-corrected chi connectivity index (χ3v) is 3.75. The maximum Gasteiger partial charge on any atom is 0.194 e. The normalized spacial score (nSPS) is 11.4. The maximum absolute atomic E-state index is 4.68. The van der Waals surface area contributed by atoms with Crippen LogP contribution in [0.4, 0.5) is 0 Å². The van der Waals surface area contributed by atoms with Gasteiger partial charge in [-0.15, -0.1) is 0 Å². The minimum atomic E-state index is 0.659. The number of nitrogens with zero attached hydrogens (tertiary/aromatic N) is 5. The summed E-state index contributed by atoms with van der Waals surface area (Å²) in [6.45, 7) is 1.37. The summed E-state index contributed by atoms with van der Waals surface area (Å²) >= 11 is 0. The molecular formula is C19H22N6. The molecule has 1 aromatic heterocycles. The number of benzene rings is 2. The van der Waals surface area contributed by atoms with E-state index in [-0.39, 0.29) is 0 Å². The molecule has 6 nitrogen and oxygen atoms in total. The zero-order valence-corrected chi connectivity index (χ0v) is 14.5. The lowest BCUT2D eigenvalue weighted by Gasteiger charge is -2.18. The molecule has 0 bridgehead atoms. The molecule has 0 aliphatic carbocycles. The van der Waals surface area contributed by atoms with E-state index in [0.717, 1.165) is 11.6 Å². The van der Waals surface area contributed by atoms with Crippen LogP contribution in [0.1, 0.15) is 11.1 Å².